The molecule has 1 saturated carbocycles. The summed E-state index contributed by atoms with van der Waals surface area (Å²) in [4.78, 5) is 16.4. The van der Waals surface area contributed by atoms with Gasteiger partial charge in [-0.25, -0.2) is 0 Å². The molecule has 0 N–H and O–H groups in total. The summed E-state index contributed by atoms with van der Waals surface area (Å²) in [6.07, 6.45) is 6.99. The van der Waals surface area contributed by atoms with Gasteiger partial charge in [-0.05, 0) is 43.7 Å². The smallest absolute Gasteiger partial charge is 0.139 e. The Bertz CT molecular complexity index is 399. The van der Waals surface area contributed by atoms with Crippen LogP contribution in [0.2, 0.25) is 0 Å². The second-order valence-corrected chi connectivity index (χ2v) is 4.73. The number of ketones is 1. The van der Waals surface area contributed by atoms with E-state index in [-0.39, 0.29) is 5.92 Å². The lowest BCUT2D eigenvalue weighted by Crippen LogP contribution is -2.20. The largest absolute Gasteiger partial charge is 0.299 e. The Hall–Kier alpha value is -1.18. The fourth-order valence-electron chi connectivity index (χ4n) is 2.96. The van der Waals surface area contributed by atoms with E-state index in [1.807, 2.05) is 12.3 Å². The summed E-state index contributed by atoms with van der Waals surface area (Å²) in [5, 5.41) is 0. The molecular weight excluding hydrogens is 186 g/mol. The number of hydrogen-bond acceptors (Lipinski definition) is 2. The first-order chi connectivity index (χ1) is 7.34. The fourth-order valence-corrected chi connectivity index (χ4v) is 2.96. The standard InChI is InChI=1S/C13H15NO/c15-13-10-4-3-9-2-1-7-14-12(9)8-11(13)6-5-10/h1-2,7,10-11H,3-6,8H2. The van der Waals surface area contributed by atoms with E-state index >= 15 is 0 Å². The topological polar surface area (TPSA) is 30.0 Å². The Morgan fingerprint density at radius 3 is 3.00 bits per heavy atom. The summed E-state index contributed by atoms with van der Waals surface area (Å²) < 4.78 is 0. The number of aryl methyl sites for hydroxylation is 1. The Labute approximate surface area is 89.7 Å². The number of fused-ring (bicyclic) bond motifs is 3. The van der Waals surface area contributed by atoms with Gasteiger partial charge >= 0.3 is 0 Å². The Morgan fingerprint density at radius 2 is 2.07 bits per heavy atom. The first-order valence-corrected chi connectivity index (χ1v) is 5.81. The summed E-state index contributed by atoms with van der Waals surface area (Å²) in [6, 6.07) is 4.17. The summed E-state index contributed by atoms with van der Waals surface area (Å²) in [7, 11) is 0. The van der Waals surface area contributed by atoms with Crippen LogP contribution < -0.4 is 0 Å². The van der Waals surface area contributed by atoms with Crippen molar-refractivity contribution in [3.8, 4) is 0 Å². The van der Waals surface area contributed by atoms with Gasteiger partial charge in [-0.2, -0.15) is 0 Å². The van der Waals surface area contributed by atoms with Gasteiger partial charge < -0.3 is 0 Å². The van der Waals surface area contributed by atoms with Crippen molar-refractivity contribution >= 4 is 5.78 Å². The molecule has 15 heavy (non-hydrogen) atoms. The normalized spacial score (nSPS) is 29.5. The van der Waals surface area contributed by atoms with Gasteiger partial charge in [0.15, 0.2) is 0 Å². The van der Waals surface area contributed by atoms with E-state index in [1.54, 1.807) is 0 Å². The third-order valence-electron chi connectivity index (χ3n) is 3.85. The number of pyridine rings is 1. The zero-order valence-corrected chi connectivity index (χ0v) is 8.78. The average Bonchev–Trinajstić information content (AvgIpc) is 2.63. The molecule has 2 unspecified atom stereocenters. The van der Waals surface area contributed by atoms with Gasteiger partial charge in [0.25, 0.3) is 0 Å². The van der Waals surface area contributed by atoms with Crippen molar-refractivity contribution in [1.82, 2.24) is 4.98 Å². The molecule has 0 amide bonds. The Balaban J connectivity index is 1.98. The first kappa shape index (κ1) is 9.08. The molecule has 0 radical (unpaired) electrons. The number of carbonyl (C=O) groups is 1. The van der Waals surface area contributed by atoms with Gasteiger partial charge in [0.2, 0.25) is 0 Å². The van der Waals surface area contributed by atoms with E-state index in [1.165, 1.54) is 5.56 Å². The van der Waals surface area contributed by atoms with Crippen molar-refractivity contribution in [3.05, 3.63) is 29.6 Å². The van der Waals surface area contributed by atoms with Gasteiger partial charge in [-0.15, -0.1) is 0 Å². The highest BCUT2D eigenvalue weighted by atomic mass is 16.1. The number of Topliss-reactive ketones (excluding diaryl/α,β-unsaturated/α-hetero) is 1. The van der Waals surface area contributed by atoms with Crippen LogP contribution in [0.4, 0.5) is 0 Å². The number of hydrogen-bond donors (Lipinski definition) is 0. The van der Waals surface area contributed by atoms with Crippen LogP contribution >= 0.6 is 0 Å². The maximum atomic E-state index is 11.9. The molecule has 2 atom stereocenters. The van der Waals surface area contributed by atoms with Crippen LogP contribution in [-0.4, -0.2) is 10.8 Å². The van der Waals surface area contributed by atoms with E-state index in [0.717, 1.165) is 37.8 Å². The number of aromatic nitrogens is 1. The monoisotopic (exact) mass is 201 g/mol. The highest BCUT2D eigenvalue weighted by Gasteiger charge is 2.35. The lowest BCUT2D eigenvalue weighted by Gasteiger charge is -2.17. The van der Waals surface area contributed by atoms with Crippen LogP contribution in [0.3, 0.4) is 0 Å². The van der Waals surface area contributed by atoms with Gasteiger partial charge in [-0.1, -0.05) is 6.07 Å². The van der Waals surface area contributed by atoms with E-state index in [4.69, 9.17) is 0 Å². The number of nitrogens with zero attached hydrogens (tertiary/aromatic N) is 1. The van der Waals surface area contributed by atoms with Crippen molar-refractivity contribution in [1.29, 1.82) is 0 Å². The second-order valence-electron chi connectivity index (χ2n) is 4.73. The fraction of sp³-hybridized carbons (Fsp3) is 0.538. The molecule has 1 heterocycles. The van der Waals surface area contributed by atoms with Gasteiger partial charge in [0, 0.05) is 23.7 Å². The van der Waals surface area contributed by atoms with E-state index in [0.29, 0.717) is 11.7 Å². The molecule has 2 heteroatoms. The van der Waals surface area contributed by atoms with E-state index in [2.05, 4.69) is 11.1 Å². The van der Waals surface area contributed by atoms with Crippen molar-refractivity contribution < 1.29 is 4.79 Å². The zero-order valence-electron chi connectivity index (χ0n) is 8.78. The van der Waals surface area contributed by atoms with E-state index < -0.39 is 0 Å². The van der Waals surface area contributed by atoms with Crippen LogP contribution in [0.25, 0.3) is 0 Å². The molecule has 78 valence electrons. The van der Waals surface area contributed by atoms with Crippen molar-refractivity contribution in [2.75, 3.05) is 0 Å². The number of carbonyl (C=O) groups excluding carboxylic acids is 1. The molecule has 2 aliphatic carbocycles. The first-order valence-electron chi connectivity index (χ1n) is 5.81. The molecule has 1 fully saturated rings. The van der Waals surface area contributed by atoms with Crippen LogP contribution in [0, 0.1) is 11.8 Å². The molecule has 1 aromatic heterocycles. The summed E-state index contributed by atoms with van der Waals surface area (Å²) in [6.45, 7) is 0. The van der Waals surface area contributed by atoms with Crippen LogP contribution in [-0.2, 0) is 17.6 Å². The van der Waals surface area contributed by atoms with Crippen LogP contribution in [0.5, 0.6) is 0 Å². The third kappa shape index (κ3) is 1.48. The van der Waals surface area contributed by atoms with Gasteiger partial charge in [0.05, 0.1) is 0 Å². The van der Waals surface area contributed by atoms with Crippen LogP contribution in [0.15, 0.2) is 18.3 Å². The third-order valence-corrected chi connectivity index (χ3v) is 3.85. The van der Waals surface area contributed by atoms with E-state index in [9.17, 15) is 4.79 Å². The Morgan fingerprint density at radius 1 is 1.20 bits per heavy atom. The Kier molecular flexibility index (Phi) is 2.08. The highest BCUT2D eigenvalue weighted by Crippen LogP contribution is 2.35. The quantitative estimate of drug-likeness (QED) is 0.644. The molecule has 0 spiro atoms. The maximum Gasteiger partial charge on any atom is 0.139 e. The minimum Gasteiger partial charge on any atom is -0.299 e. The lowest BCUT2D eigenvalue weighted by molar-refractivity contribution is -0.124. The summed E-state index contributed by atoms with van der Waals surface area (Å²) in [5.41, 5.74) is 2.53. The molecular formula is C13H15NO. The molecule has 2 nitrogen and oxygen atoms in total. The highest BCUT2D eigenvalue weighted by molar-refractivity contribution is 5.85. The molecule has 0 aromatic carbocycles. The molecule has 1 aromatic rings. The minimum atomic E-state index is 0.268. The lowest BCUT2D eigenvalue weighted by atomic mass is 9.88. The van der Waals surface area contributed by atoms with Crippen molar-refractivity contribution in [2.45, 2.75) is 32.1 Å². The minimum absolute atomic E-state index is 0.268. The maximum absolute atomic E-state index is 11.9. The molecule has 2 aliphatic rings. The second kappa shape index (κ2) is 3.44. The molecule has 2 bridgehead atoms. The van der Waals surface area contributed by atoms with Crippen LogP contribution in [0.1, 0.15) is 30.5 Å². The SMILES string of the molecule is O=C1C2CCc3cccnc3CC1CC2. The van der Waals surface area contributed by atoms with Crippen molar-refractivity contribution in [3.63, 3.8) is 0 Å². The summed E-state index contributed by atoms with van der Waals surface area (Å²) in [5.74, 6) is 1.12. The number of rotatable bonds is 0. The van der Waals surface area contributed by atoms with Gasteiger partial charge in [0.1, 0.15) is 5.78 Å². The predicted molar refractivity (Wildman–Crippen MR) is 57.5 cm³/mol. The molecule has 0 aliphatic heterocycles. The summed E-state index contributed by atoms with van der Waals surface area (Å²) >= 11 is 0. The molecule has 3 rings (SSSR count). The zero-order chi connectivity index (χ0) is 10.3. The molecule has 0 saturated heterocycles. The predicted octanol–water partition coefficient (Wildman–Crippen LogP) is 2.17. The van der Waals surface area contributed by atoms with Crippen molar-refractivity contribution in [2.24, 2.45) is 11.8 Å². The average molecular weight is 201 g/mol. The van der Waals surface area contributed by atoms with Gasteiger partial charge in [-0.3, -0.25) is 9.78 Å².